The van der Waals surface area contributed by atoms with Gasteiger partial charge in [0.2, 0.25) is 5.43 Å². The summed E-state index contributed by atoms with van der Waals surface area (Å²) in [6.45, 7) is 3.16. The van der Waals surface area contributed by atoms with Gasteiger partial charge in [-0.3, -0.25) is 9.69 Å². The van der Waals surface area contributed by atoms with Gasteiger partial charge in [-0.15, -0.1) is 0 Å². The lowest BCUT2D eigenvalue weighted by Gasteiger charge is -2.29. The third-order valence-electron chi connectivity index (χ3n) is 4.58. The molecule has 9 heteroatoms. The van der Waals surface area contributed by atoms with Crippen LogP contribution in [0.2, 0.25) is 0 Å². The van der Waals surface area contributed by atoms with Gasteiger partial charge in [0.15, 0.2) is 11.6 Å². The van der Waals surface area contributed by atoms with Gasteiger partial charge in [0.1, 0.15) is 24.1 Å². The second-order valence-electron chi connectivity index (χ2n) is 6.56. The van der Waals surface area contributed by atoms with Crippen molar-refractivity contribution in [3.05, 3.63) is 33.9 Å². The van der Waals surface area contributed by atoms with E-state index >= 15 is 0 Å². The highest BCUT2D eigenvalue weighted by molar-refractivity contribution is 5.97. The zero-order chi connectivity index (χ0) is 19.7. The van der Waals surface area contributed by atoms with Crippen LogP contribution in [0.1, 0.15) is 23.3 Å². The number of aldehydes is 1. The molecule has 0 unspecified atom stereocenters. The maximum absolute atomic E-state index is 14.7. The number of carboxylic acids is 1. The molecule has 1 atom stereocenters. The summed E-state index contributed by atoms with van der Waals surface area (Å²) in [5, 5.41) is 12.2. The number of nitrogens with zero attached hydrogens (tertiary/aromatic N) is 2. The molecule has 8 nitrogen and oxygen atoms in total. The van der Waals surface area contributed by atoms with Crippen LogP contribution in [-0.4, -0.2) is 60.1 Å². The summed E-state index contributed by atoms with van der Waals surface area (Å²) in [4.78, 5) is 36.1. The number of nitrogens with one attached hydrogen (secondary N) is 1. The Morgan fingerprint density at radius 3 is 2.96 bits per heavy atom. The second kappa shape index (κ2) is 7.36. The second-order valence-corrected chi connectivity index (χ2v) is 6.56. The molecule has 0 saturated heterocycles. The van der Waals surface area contributed by atoms with Crippen molar-refractivity contribution in [3.63, 3.8) is 0 Å². The van der Waals surface area contributed by atoms with E-state index in [1.54, 1.807) is 16.5 Å². The minimum atomic E-state index is -1.35. The summed E-state index contributed by atoms with van der Waals surface area (Å²) in [6.07, 6.45) is 2.06. The van der Waals surface area contributed by atoms with Crippen LogP contribution in [0.15, 0.2) is 17.1 Å². The first-order valence-corrected chi connectivity index (χ1v) is 8.48. The predicted molar refractivity (Wildman–Crippen MR) is 97.4 cm³/mol. The van der Waals surface area contributed by atoms with E-state index in [2.05, 4.69) is 5.32 Å². The molecule has 0 fully saturated rings. The van der Waals surface area contributed by atoms with E-state index in [0.29, 0.717) is 18.6 Å². The van der Waals surface area contributed by atoms with Crippen molar-refractivity contribution < 1.29 is 23.8 Å². The normalized spacial score (nSPS) is 15.6. The molecule has 0 radical (unpaired) electrons. The molecular formula is C18H20FN3O5. The molecule has 1 aliphatic rings. The van der Waals surface area contributed by atoms with Crippen LogP contribution in [0.25, 0.3) is 10.9 Å². The fourth-order valence-corrected chi connectivity index (χ4v) is 3.13. The van der Waals surface area contributed by atoms with Crippen molar-refractivity contribution in [2.75, 3.05) is 38.6 Å². The number of carbonyl (C=O) groups excluding carboxylic acids is 1. The third kappa shape index (κ3) is 3.37. The maximum atomic E-state index is 14.7. The summed E-state index contributed by atoms with van der Waals surface area (Å²) in [5.41, 5.74) is -0.666. The van der Waals surface area contributed by atoms with Crippen molar-refractivity contribution in [2.45, 2.75) is 13.0 Å². The Morgan fingerprint density at radius 1 is 1.56 bits per heavy atom. The van der Waals surface area contributed by atoms with E-state index in [4.69, 9.17) is 4.74 Å². The van der Waals surface area contributed by atoms with Crippen LogP contribution in [0.4, 0.5) is 10.1 Å². The molecule has 1 aromatic carbocycles. The van der Waals surface area contributed by atoms with E-state index in [9.17, 15) is 23.9 Å². The summed E-state index contributed by atoms with van der Waals surface area (Å²) in [6, 6.07) is 0.832. The lowest BCUT2D eigenvalue weighted by Crippen LogP contribution is -2.29. The number of aromatic carboxylic acids is 1. The standard InChI is InChI=1S/C18H20FN3O5/c1-10-9-27-17-14(20-3-4-21(2)5-6-23)13(19)7-11-15(17)22(10)8-12(16(11)24)18(25)26/h6-8,10,20H,3-5,9H2,1-2H3,(H,25,26)/t10-/m0/s1. The van der Waals surface area contributed by atoms with Gasteiger partial charge < -0.3 is 24.5 Å². The predicted octanol–water partition coefficient (Wildman–Crippen LogP) is 1.33. The number of rotatable bonds is 7. The minimum absolute atomic E-state index is 0.0300. The van der Waals surface area contributed by atoms with E-state index in [1.807, 2.05) is 6.92 Å². The number of likely N-dealkylation sites (N-methyl/N-ethyl adjacent to an activating group) is 1. The van der Waals surface area contributed by atoms with Crippen LogP contribution < -0.4 is 15.5 Å². The lowest BCUT2D eigenvalue weighted by atomic mass is 10.1. The van der Waals surface area contributed by atoms with Gasteiger partial charge >= 0.3 is 5.97 Å². The molecule has 144 valence electrons. The number of ether oxygens (including phenoxy) is 1. The van der Waals surface area contributed by atoms with Crippen LogP contribution in [-0.2, 0) is 4.79 Å². The van der Waals surface area contributed by atoms with Gasteiger partial charge in [0, 0.05) is 19.3 Å². The number of benzene rings is 1. The molecule has 0 saturated carbocycles. The molecule has 0 amide bonds. The Hall–Kier alpha value is -2.94. The van der Waals surface area contributed by atoms with Crippen LogP contribution in [0, 0.1) is 5.82 Å². The smallest absolute Gasteiger partial charge is 0.341 e. The number of hydrogen-bond donors (Lipinski definition) is 2. The third-order valence-corrected chi connectivity index (χ3v) is 4.58. The first kappa shape index (κ1) is 18.8. The Morgan fingerprint density at radius 2 is 2.30 bits per heavy atom. The molecular weight excluding hydrogens is 357 g/mol. The number of halogens is 1. The van der Waals surface area contributed by atoms with Gasteiger partial charge in [-0.05, 0) is 20.0 Å². The number of carbonyl (C=O) groups is 2. The van der Waals surface area contributed by atoms with Crippen molar-refractivity contribution >= 4 is 28.8 Å². The first-order valence-electron chi connectivity index (χ1n) is 8.48. The lowest BCUT2D eigenvalue weighted by molar-refractivity contribution is -0.108. The molecule has 27 heavy (non-hydrogen) atoms. The summed E-state index contributed by atoms with van der Waals surface area (Å²) in [5.74, 6) is -1.86. The quantitative estimate of drug-likeness (QED) is 0.702. The number of pyridine rings is 1. The molecule has 2 heterocycles. The van der Waals surface area contributed by atoms with Gasteiger partial charge in [-0.1, -0.05) is 0 Å². The van der Waals surface area contributed by atoms with Crippen LogP contribution in [0.3, 0.4) is 0 Å². The van der Waals surface area contributed by atoms with Crippen molar-refractivity contribution in [1.29, 1.82) is 0 Å². The SMILES string of the molecule is C[C@H]1COc2c(NCCN(C)CC=O)c(F)cc3c(=O)c(C(=O)O)cn1c23. The van der Waals surface area contributed by atoms with Crippen molar-refractivity contribution in [1.82, 2.24) is 9.47 Å². The van der Waals surface area contributed by atoms with Crippen molar-refractivity contribution in [3.8, 4) is 5.75 Å². The minimum Gasteiger partial charge on any atom is -0.487 e. The average molecular weight is 377 g/mol. The van der Waals surface area contributed by atoms with Gasteiger partial charge in [-0.2, -0.15) is 0 Å². The molecule has 0 bridgehead atoms. The van der Waals surface area contributed by atoms with Crippen LogP contribution in [0.5, 0.6) is 5.75 Å². The topological polar surface area (TPSA) is 101 Å². The molecule has 2 N–H and O–H groups in total. The number of hydrogen-bond acceptors (Lipinski definition) is 6. The molecule has 0 spiro atoms. The Balaban J connectivity index is 2.09. The van der Waals surface area contributed by atoms with E-state index in [1.165, 1.54) is 6.20 Å². The fraction of sp³-hybridized carbons (Fsp3) is 0.389. The van der Waals surface area contributed by atoms with Gasteiger partial charge in [0.25, 0.3) is 0 Å². The monoisotopic (exact) mass is 377 g/mol. The molecule has 2 aromatic rings. The number of anilines is 1. The summed E-state index contributed by atoms with van der Waals surface area (Å²) >= 11 is 0. The Labute approximate surface area is 154 Å². The fourth-order valence-electron chi connectivity index (χ4n) is 3.13. The largest absolute Gasteiger partial charge is 0.487 e. The van der Waals surface area contributed by atoms with Gasteiger partial charge in [-0.25, -0.2) is 9.18 Å². The highest BCUT2D eigenvalue weighted by Crippen LogP contribution is 2.39. The zero-order valence-electron chi connectivity index (χ0n) is 15.0. The summed E-state index contributed by atoms with van der Waals surface area (Å²) < 4.78 is 22.0. The molecule has 0 aliphatic carbocycles. The van der Waals surface area contributed by atoms with E-state index in [-0.39, 0.29) is 36.0 Å². The van der Waals surface area contributed by atoms with E-state index < -0.39 is 22.8 Å². The average Bonchev–Trinajstić information content (AvgIpc) is 2.61. The molecule has 1 aliphatic heterocycles. The maximum Gasteiger partial charge on any atom is 0.341 e. The molecule has 1 aromatic heterocycles. The Kier molecular flexibility index (Phi) is 5.13. The number of aromatic nitrogens is 1. The Bertz CT molecular complexity index is 972. The highest BCUT2D eigenvalue weighted by Gasteiger charge is 2.27. The van der Waals surface area contributed by atoms with E-state index in [0.717, 1.165) is 12.4 Å². The van der Waals surface area contributed by atoms with Crippen molar-refractivity contribution in [2.24, 2.45) is 0 Å². The van der Waals surface area contributed by atoms with Crippen LogP contribution >= 0.6 is 0 Å². The highest BCUT2D eigenvalue weighted by atomic mass is 19.1. The number of carboxylic acid groups (broad SMARTS) is 1. The van der Waals surface area contributed by atoms with Gasteiger partial charge in [0.05, 0.1) is 23.5 Å². The first-order chi connectivity index (χ1) is 12.8. The molecule has 3 rings (SSSR count). The zero-order valence-corrected chi connectivity index (χ0v) is 15.0. The summed E-state index contributed by atoms with van der Waals surface area (Å²) in [7, 11) is 1.76.